The second-order valence-electron chi connectivity index (χ2n) is 5.17. The van der Waals surface area contributed by atoms with Crippen molar-refractivity contribution in [3.8, 4) is 0 Å². The normalized spacial score (nSPS) is 8.28. The van der Waals surface area contributed by atoms with E-state index in [4.69, 9.17) is 9.99 Å². The Hall–Kier alpha value is -2.41. The summed E-state index contributed by atoms with van der Waals surface area (Å²) in [6.07, 6.45) is 3.42. The monoisotopic (exact) mass is 358 g/mol. The van der Waals surface area contributed by atoms with E-state index in [-0.39, 0.29) is 17.5 Å². The van der Waals surface area contributed by atoms with Gasteiger partial charge in [-0.15, -0.1) is 0 Å². The SMILES string of the molecule is C=C(C)C(=O)OCCCC.C=C(C)C(=O)OO.COC(=O)C=C(C)C. The van der Waals surface area contributed by atoms with Gasteiger partial charge in [0.1, 0.15) is 0 Å². The Morgan fingerprint density at radius 3 is 1.68 bits per heavy atom. The van der Waals surface area contributed by atoms with Crippen molar-refractivity contribution in [3.63, 3.8) is 0 Å². The van der Waals surface area contributed by atoms with Crippen LogP contribution in [0.1, 0.15) is 47.5 Å². The molecule has 25 heavy (non-hydrogen) atoms. The zero-order chi connectivity index (χ0) is 20.4. The number of allylic oxidation sites excluding steroid dienone is 1. The van der Waals surface area contributed by atoms with E-state index in [1.807, 2.05) is 13.8 Å². The molecule has 0 saturated heterocycles. The number of hydrogen-bond donors (Lipinski definition) is 1. The Labute approximate surface area is 149 Å². The lowest BCUT2D eigenvalue weighted by atomic mass is 10.3. The standard InChI is InChI=1S/C8H14O2.C6H10O2.C4H6O3/c1-4-5-6-10-8(9)7(2)3;1-5(2)4-6(7)8-3;1-3(2)4(5)7-6/h2,4-6H2,1,3H3;4H,1-3H3;6H,1H2,2H3. The molecule has 0 aliphatic heterocycles. The fourth-order valence-electron chi connectivity index (χ4n) is 0.805. The van der Waals surface area contributed by atoms with Crippen LogP contribution in [0.2, 0.25) is 0 Å². The maximum atomic E-state index is 10.7. The van der Waals surface area contributed by atoms with Crippen LogP contribution in [0.4, 0.5) is 0 Å². The van der Waals surface area contributed by atoms with E-state index in [1.165, 1.54) is 20.1 Å². The average molecular weight is 358 g/mol. The highest BCUT2D eigenvalue weighted by atomic mass is 17.1. The quantitative estimate of drug-likeness (QED) is 0.193. The van der Waals surface area contributed by atoms with Gasteiger partial charge in [-0.3, -0.25) is 4.89 Å². The van der Waals surface area contributed by atoms with Crippen LogP contribution < -0.4 is 0 Å². The van der Waals surface area contributed by atoms with Gasteiger partial charge in [0.15, 0.2) is 0 Å². The zero-order valence-electron chi connectivity index (χ0n) is 16.0. The smallest absolute Gasteiger partial charge is 0.367 e. The summed E-state index contributed by atoms with van der Waals surface area (Å²) in [7, 11) is 1.36. The lowest BCUT2D eigenvalue weighted by Crippen LogP contribution is -2.05. The topological polar surface area (TPSA) is 99.1 Å². The molecule has 0 fully saturated rings. The van der Waals surface area contributed by atoms with E-state index >= 15 is 0 Å². The van der Waals surface area contributed by atoms with Crippen molar-refractivity contribution in [2.75, 3.05) is 13.7 Å². The van der Waals surface area contributed by atoms with Crippen LogP contribution in [0, 0.1) is 0 Å². The second-order valence-corrected chi connectivity index (χ2v) is 5.17. The molecule has 0 aromatic rings. The summed E-state index contributed by atoms with van der Waals surface area (Å²) in [6.45, 7) is 16.0. The summed E-state index contributed by atoms with van der Waals surface area (Å²) in [6, 6.07) is 0. The van der Waals surface area contributed by atoms with E-state index in [0.29, 0.717) is 12.2 Å². The van der Waals surface area contributed by atoms with E-state index in [1.54, 1.807) is 6.92 Å². The summed E-state index contributed by atoms with van der Waals surface area (Å²) in [5, 5.41) is 7.59. The van der Waals surface area contributed by atoms with Crippen molar-refractivity contribution in [1.82, 2.24) is 0 Å². The number of hydrogen-bond acceptors (Lipinski definition) is 7. The lowest BCUT2D eigenvalue weighted by molar-refractivity contribution is -0.229. The third kappa shape index (κ3) is 24.0. The summed E-state index contributed by atoms with van der Waals surface area (Å²) in [5.41, 5.74) is 1.61. The number of carbonyl (C=O) groups excluding carboxylic acids is 3. The van der Waals surface area contributed by atoms with Crippen molar-refractivity contribution in [1.29, 1.82) is 0 Å². The lowest BCUT2D eigenvalue weighted by Gasteiger charge is -2.01. The van der Waals surface area contributed by atoms with Crippen molar-refractivity contribution in [3.05, 3.63) is 36.0 Å². The predicted octanol–water partition coefficient (Wildman–Crippen LogP) is 3.61. The van der Waals surface area contributed by atoms with Gasteiger partial charge in [-0.25, -0.2) is 14.4 Å². The number of ether oxygens (including phenoxy) is 2. The van der Waals surface area contributed by atoms with Crippen molar-refractivity contribution in [2.24, 2.45) is 0 Å². The van der Waals surface area contributed by atoms with E-state index in [0.717, 1.165) is 18.4 Å². The minimum absolute atomic E-state index is 0.183. The van der Waals surface area contributed by atoms with Gasteiger partial charge in [-0.05, 0) is 34.1 Å². The molecule has 0 heterocycles. The van der Waals surface area contributed by atoms with Crippen LogP contribution >= 0.6 is 0 Å². The Morgan fingerprint density at radius 1 is 1.00 bits per heavy atom. The fourth-order valence-corrected chi connectivity index (χ4v) is 0.805. The maximum absolute atomic E-state index is 10.7. The first-order chi connectivity index (χ1) is 11.5. The Morgan fingerprint density at radius 2 is 1.48 bits per heavy atom. The molecule has 1 N–H and O–H groups in total. The van der Waals surface area contributed by atoms with Crippen LogP contribution in [0.25, 0.3) is 0 Å². The van der Waals surface area contributed by atoms with Crippen molar-refractivity contribution in [2.45, 2.75) is 47.5 Å². The van der Waals surface area contributed by atoms with Crippen LogP contribution in [0.5, 0.6) is 0 Å². The van der Waals surface area contributed by atoms with E-state index < -0.39 is 5.97 Å². The molecule has 0 aliphatic carbocycles. The van der Waals surface area contributed by atoms with Crippen molar-refractivity contribution < 1.29 is 34.0 Å². The van der Waals surface area contributed by atoms with Gasteiger partial charge in [0, 0.05) is 17.2 Å². The third-order valence-electron chi connectivity index (χ3n) is 2.12. The highest BCUT2D eigenvalue weighted by Crippen LogP contribution is 1.94. The average Bonchev–Trinajstić information content (AvgIpc) is 2.54. The molecule has 7 heteroatoms. The molecule has 0 rings (SSSR count). The van der Waals surface area contributed by atoms with Gasteiger partial charge in [0.2, 0.25) is 0 Å². The molecule has 0 radical (unpaired) electrons. The molecular weight excluding hydrogens is 328 g/mol. The minimum atomic E-state index is -0.792. The number of rotatable bonds is 6. The molecule has 0 spiro atoms. The molecule has 0 atom stereocenters. The van der Waals surface area contributed by atoms with Gasteiger partial charge in [0.05, 0.1) is 13.7 Å². The molecular formula is C18H30O7. The molecule has 0 aliphatic rings. The number of methoxy groups -OCH3 is 1. The molecule has 0 amide bonds. The summed E-state index contributed by atoms with van der Waals surface area (Å²) in [4.78, 5) is 34.2. The van der Waals surface area contributed by atoms with Gasteiger partial charge in [-0.1, -0.05) is 32.1 Å². The summed E-state index contributed by atoms with van der Waals surface area (Å²) >= 11 is 0. The first kappa shape index (κ1) is 27.4. The molecule has 0 unspecified atom stereocenters. The van der Waals surface area contributed by atoms with E-state index in [9.17, 15) is 14.4 Å². The Balaban J connectivity index is -0.000000296. The molecule has 0 aromatic carbocycles. The minimum Gasteiger partial charge on any atom is -0.466 e. The third-order valence-corrected chi connectivity index (χ3v) is 2.12. The van der Waals surface area contributed by atoms with Crippen LogP contribution in [0.15, 0.2) is 36.0 Å². The number of esters is 2. The molecule has 0 saturated carbocycles. The summed E-state index contributed by atoms with van der Waals surface area (Å²) in [5.74, 6) is -1.36. The predicted molar refractivity (Wildman–Crippen MR) is 95.7 cm³/mol. The first-order valence-electron chi connectivity index (χ1n) is 7.60. The van der Waals surface area contributed by atoms with Gasteiger partial charge in [0.25, 0.3) is 0 Å². The van der Waals surface area contributed by atoms with Gasteiger partial charge < -0.3 is 9.47 Å². The highest BCUT2D eigenvalue weighted by Gasteiger charge is 2.00. The zero-order valence-corrected chi connectivity index (χ0v) is 16.0. The largest absolute Gasteiger partial charge is 0.466 e. The van der Waals surface area contributed by atoms with Crippen LogP contribution in [-0.2, 0) is 28.7 Å². The van der Waals surface area contributed by atoms with Gasteiger partial charge in [-0.2, -0.15) is 5.26 Å². The molecule has 0 aromatic heterocycles. The molecule has 0 bridgehead atoms. The Kier molecular flexibility index (Phi) is 19.7. The summed E-state index contributed by atoms with van der Waals surface area (Å²) < 4.78 is 9.15. The van der Waals surface area contributed by atoms with E-state index in [2.05, 4.69) is 29.7 Å². The molecule has 7 nitrogen and oxygen atoms in total. The maximum Gasteiger partial charge on any atom is 0.367 e. The van der Waals surface area contributed by atoms with Crippen molar-refractivity contribution >= 4 is 17.9 Å². The Bertz CT molecular complexity index is 472. The highest BCUT2D eigenvalue weighted by molar-refractivity contribution is 5.87. The van der Waals surface area contributed by atoms with Gasteiger partial charge >= 0.3 is 17.9 Å². The molecule has 144 valence electrons. The fraction of sp³-hybridized carbons (Fsp3) is 0.500. The second kappa shape index (κ2) is 17.9. The first-order valence-corrected chi connectivity index (χ1v) is 7.60. The number of unbranched alkanes of at least 4 members (excludes halogenated alkanes) is 1. The van der Waals surface area contributed by atoms with Crippen LogP contribution in [0.3, 0.4) is 0 Å². The number of carbonyl (C=O) groups is 3. The van der Waals surface area contributed by atoms with Crippen LogP contribution in [-0.4, -0.2) is 36.9 Å².